The summed E-state index contributed by atoms with van der Waals surface area (Å²) in [6.07, 6.45) is 1.74. The molecule has 0 unspecified atom stereocenters. The van der Waals surface area contributed by atoms with E-state index in [1.54, 1.807) is 30.3 Å². The van der Waals surface area contributed by atoms with Crippen LogP contribution in [0.2, 0.25) is 0 Å². The number of hydrogen-bond donors (Lipinski definition) is 1. The average Bonchev–Trinajstić information content (AvgIpc) is 2.90. The average molecular weight is 300 g/mol. The number of carboxylic acids is 1. The Hall–Kier alpha value is -2.65. The van der Waals surface area contributed by atoms with Crippen molar-refractivity contribution in [1.82, 2.24) is 4.98 Å². The number of benzene rings is 1. The standard InChI is InChI=1S/C15H12N2O3S/c1-10-9-21-15(17-10)12(7-16)6-11-2-4-13(5-3-11)20-8-14(18)19/h2-6,9H,8H2,1H3,(H,18,19)/b12-6+. The Labute approximate surface area is 125 Å². The number of aryl methyl sites for hydroxylation is 1. The zero-order chi connectivity index (χ0) is 15.2. The van der Waals surface area contributed by atoms with Crippen molar-refractivity contribution in [2.45, 2.75) is 6.92 Å². The second kappa shape index (κ2) is 6.68. The van der Waals surface area contributed by atoms with Gasteiger partial charge in [0, 0.05) is 11.1 Å². The summed E-state index contributed by atoms with van der Waals surface area (Å²) < 4.78 is 5.05. The monoisotopic (exact) mass is 300 g/mol. The Morgan fingerprint density at radius 1 is 1.48 bits per heavy atom. The summed E-state index contributed by atoms with van der Waals surface area (Å²) in [6.45, 7) is 1.50. The van der Waals surface area contributed by atoms with Crippen molar-refractivity contribution >= 4 is 29.0 Å². The maximum absolute atomic E-state index is 10.4. The van der Waals surface area contributed by atoms with Crippen LogP contribution in [0.25, 0.3) is 11.6 Å². The van der Waals surface area contributed by atoms with Crippen molar-refractivity contribution in [3.05, 3.63) is 45.9 Å². The van der Waals surface area contributed by atoms with Gasteiger partial charge in [-0.15, -0.1) is 11.3 Å². The van der Waals surface area contributed by atoms with Crippen LogP contribution in [0.1, 0.15) is 16.3 Å². The predicted octanol–water partition coefficient (Wildman–Crippen LogP) is 2.98. The minimum absolute atomic E-state index is 0.378. The molecule has 0 saturated heterocycles. The van der Waals surface area contributed by atoms with Gasteiger partial charge < -0.3 is 9.84 Å². The molecule has 1 aromatic carbocycles. The van der Waals surface area contributed by atoms with E-state index in [2.05, 4.69) is 11.1 Å². The molecule has 0 aliphatic heterocycles. The van der Waals surface area contributed by atoms with Crippen LogP contribution < -0.4 is 4.74 Å². The first-order chi connectivity index (χ1) is 10.1. The van der Waals surface area contributed by atoms with Crippen molar-refractivity contribution < 1.29 is 14.6 Å². The highest BCUT2D eigenvalue weighted by molar-refractivity contribution is 7.11. The number of aliphatic carboxylic acids is 1. The molecule has 1 aromatic heterocycles. The lowest BCUT2D eigenvalue weighted by Crippen LogP contribution is -2.09. The molecule has 0 saturated carbocycles. The topological polar surface area (TPSA) is 83.2 Å². The molecule has 2 aromatic rings. The summed E-state index contributed by atoms with van der Waals surface area (Å²) in [6, 6.07) is 8.98. The van der Waals surface area contributed by atoms with E-state index >= 15 is 0 Å². The van der Waals surface area contributed by atoms with E-state index in [0.29, 0.717) is 16.3 Å². The Morgan fingerprint density at radius 2 is 2.19 bits per heavy atom. The van der Waals surface area contributed by atoms with E-state index in [9.17, 15) is 10.1 Å². The number of thiazole rings is 1. The lowest BCUT2D eigenvalue weighted by atomic mass is 10.1. The highest BCUT2D eigenvalue weighted by atomic mass is 32.1. The first-order valence-electron chi connectivity index (χ1n) is 6.07. The first kappa shape index (κ1) is 14.8. The SMILES string of the molecule is Cc1csc(/C(C#N)=C/c2ccc(OCC(=O)O)cc2)n1. The zero-order valence-electron chi connectivity index (χ0n) is 11.2. The van der Waals surface area contributed by atoms with Crippen LogP contribution in [0, 0.1) is 18.3 Å². The van der Waals surface area contributed by atoms with Crippen LogP contribution in [-0.2, 0) is 4.79 Å². The number of carboxylic acid groups (broad SMARTS) is 1. The molecule has 0 radical (unpaired) electrons. The van der Waals surface area contributed by atoms with Crippen LogP contribution in [0.4, 0.5) is 0 Å². The third-order valence-electron chi connectivity index (χ3n) is 2.52. The van der Waals surface area contributed by atoms with Gasteiger partial charge in [-0.3, -0.25) is 0 Å². The highest BCUT2D eigenvalue weighted by Gasteiger charge is 2.06. The summed E-state index contributed by atoms with van der Waals surface area (Å²) in [5.41, 5.74) is 2.20. The fourth-order valence-electron chi connectivity index (χ4n) is 1.59. The van der Waals surface area contributed by atoms with Gasteiger partial charge in [0.25, 0.3) is 0 Å². The summed E-state index contributed by atoms with van der Waals surface area (Å²) in [5, 5.41) is 20.3. The molecule has 21 heavy (non-hydrogen) atoms. The molecule has 0 amide bonds. The van der Waals surface area contributed by atoms with Crippen LogP contribution in [-0.4, -0.2) is 22.7 Å². The third-order valence-corrected chi connectivity index (χ3v) is 3.52. The van der Waals surface area contributed by atoms with Crippen LogP contribution >= 0.6 is 11.3 Å². The molecule has 6 heteroatoms. The maximum Gasteiger partial charge on any atom is 0.341 e. The predicted molar refractivity (Wildman–Crippen MR) is 79.9 cm³/mol. The van der Waals surface area contributed by atoms with Gasteiger partial charge in [-0.1, -0.05) is 12.1 Å². The summed E-state index contributed by atoms with van der Waals surface area (Å²) in [4.78, 5) is 14.7. The van der Waals surface area contributed by atoms with Crippen LogP contribution in [0.3, 0.4) is 0 Å². The minimum Gasteiger partial charge on any atom is -0.482 e. The van der Waals surface area contributed by atoms with Crippen molar-refractivity contribution in [3.63, 3.8) is 0 Å². The number of allylic oxidation sites excluding steroid dienone is 1. The van der Waals surface area contributed by atoms with E-state index in [1.165, 1.54) is 11.3 Å². The molecule has 1 heterocycles. The van der Waals surface area contributed by atoms with Crippen molar-refractivity contribution in [2.75, 3.05) is 6.61 Å². The van der Waals surface area contributed by atoms with E-state index in [-0.39, 0.29) is 6.61 Å². The second-order valence-corrected chi connectivity index (χ2v) is 5.07. The second-order valence-electron chi connectivity index (χ2n) is 4.22. The molecule has 2 rings (SSSR count). The fourth-order valence-corrected chi connectivity index (χ4v) is 2.35. The van der Waals surface area contributed by atoms with Crippen molar-refractivity contribution in [2.24, 2.45) is 0 Å². The number of nitriles is 1. The Bertz CT molecular complexity index is 711. The maximum atomic E-state index is 10.4. The van der Waals surface area contributed by atoms with Crippen LogP contribution in [0.5, 0.6) is 5.75 Å². The fraction of sp³-hybridized carbons (Fsp3) is 0.133. The number of carbonyl (C=O) groups is 1. The number of ether oxygens (including phenoxy) is 1. The van der Waals surface area contributed by atoms with Gasteiger partial charge in [0.05, 0.1) is 5.57 Å². The summed E-state index contributed by atoms with van der Waals surface area (Å²) in [7, 11) is 0. The molecular weight excluding hydrogens is 288 g/mol. The number of hydrogen-bond acceptors (Lipinski definition) is 5. The van der Waals surface area contributed by atoms with Gasteiger partial charge in [0.1, 0.15) is 16.8 Å². The Balaban J connectivity index is 2.16. The molecular formula is C15H12N2O3S. The van der Waals surface area contributed by atoms with E-state index in [4.69, 9.17) is 9.84 Å². The molecule has 0 fully saturated rings. The first-order valence-corrected chi connectivity index (χ1v) is 6.95. The van der Waals surface area contributed by atoms with Crippen LogP contribution in [0.15, 0.2) is 29.6 Å². The van der Waals surface area contributed by atoms with E-state index in [0.717, 1.165) is 11.3 Å². The summed E-state index contributed by atoms with van der Waals surface area (Å²) >= 11 is 1.42. The van der Waals surface area contributed by atoms with Gasteiger partial charge in [0.15, 0.2) is 6.61 Å². The molecule has 0 aliphatic rings. The van der Waals surface area contributed by atoms with Gasteiger partial charge in [-0.2, -0.15) is 5.26 Å². The van der Waals surface area contributed by atoms with Gasteiger partial charge in [-0.25, -0.2) is 9.78 Å². The molecule has 1 N–H and O–H groups in total. The molecule has 5 nitrogen and oxygen atoms in total. The number of aromatic nitrogens is 1. The Morgan fingerprint density at radius 3 is 2.71 bits per heavy atom. The molecule has 0 spiro atoms. The minimum atomic E-state index is -1.02. The number of rotatable bonds is 5. The molecule has 106 valence electrons. The quantitative estimate of drug-likeness (QED) is 0.858. The summed E-state index contributed by atoms with van der Waals surface area (Å²) in [5.74, 6) is -0.553. The van der Waals surface area contributed by atoms with Gasteiger partial charge in [-0.05, 0) is 30.7 Å². The largest absolute Gasteiger partial charge is 0.482 e. The molecule has 0 aliphatic carbocycles. The lowest BCUT2D eigenvalue weighted by molar-refractivity contribution is -0.139. The smallest absolute Gasteiger partial charge is 0.341 e. The number of nitrogens with zero attached hydrogens (tertiary/aromatic N) is 2. The van der Waals surface area contributed by atoms with Gasteiger partial charge >= 0.3 is 5.97 Å². The van der Waals surface area contributed by atoms with E-state index < -0.39 is 5.97 Å². The normalized spacial score (nSPS) is 11.0. The van der Waals surface area contributed by atoms with Gasteiger partial charge in [0.2, 0.25) is 0 Å². The highest BCUT2D eigenvalue weighted by Crippen LogP contribution is 2.22. The van der Waals surface area contributed by atoms with Crippen molar-refractivity contribution in [1.29, 1.82) is 5.26 Å². The van der Waals surface area contributed by atoms with Crippen molar-refractivity contribution in [3.8, 4) is 11.8 Å². The molecule has 0 bridgehead atoms. The Kier molecular flexibility index (Phi) is 4.69. The lowest BCUT2D eigenvalue weighted by Gasteiger charge is -2.03. The third kappa shape index (κ3) is 4.16. The van der Waals surface area contributed by atoms with E-state index in [1.807, 2.05) is 12.3 Å². The molecule has 0 atom stereocenters. The zero-order valence-corrected chi connectivity index (χ0v) is 12.1.